The first-order valence-corrected chi connectivity index (χ1v) is 6.84. The Balaban J connectivity index is 2.14. The average molecular weight is 287 g/mol. The summed E-state index contributed by atoms with van der Waals surface area (Å²) in [6.45, 7) is 0. The molecule has 0 aromatic heterocycles. The van der Waals surface area contributed by atoms with Crippen molar-refractivity contribution in [2.45, 2.75) is 0 Å². The maximum Gasteiger partial charge on any atom is 0.236 e. The number of anilines is 1. The molecular weight excluding hydrogens is 274 g/mol. The molecule has 7 heteroatoms. The van der Waals surface area contributed by atoms with Crippen molar-refractivity contribution in [3.8, 4) is 6.07 Å². The maximum absolute atomic E-state index is 11.0. The number of hydrogen-bond donors (Lipinski definition) is 1. The van der Waals surface area contributed by atoms with Crippen molar-refractivity contribution in [3.63, 3.8) is 0 Å². The van der Waals surface area contributed by atoms with E-state index in [1.807, 2.05) is 31.1 Å². The van der Waals surface area contributed by atoms with E-state index >= 15 is 0 Å². The summed E-state index contributed by atoms with van der Waals surface area (Å²) in [4.78, 5) is 12.8. The molecule has 0 atom stereocenters. The van der Waals surface area contributed by atoms with Gasteiger partial charge in [0, 0.05) is 14.1 Å². The van der Waals surface area contributed by atoms with Crippen molar-refractivity contribution < 1.29 is 4.79 Å². The van der Waals surface area contributed by atoms with E-state index in [-0.39, 0.29) is 5.91 Å². The molecule has 1 heterocycles. The number of carbonyl (C=O) groups excluding carboxylic acids is 1. The molecule has 1 N–H and O–H groups in total. The van der Waals surface area contributed by atoms with E-state index in [1.165, 1.54) is 11.8 Å². The van der Waals surface area contributed by atoms with Crippen LogP contribution < -0.4 is 10.2 Å². The summed E-state index contributed by atoms with van der Waals surface area (Å²) in [6.07, 6.45) is 1.55. The molecule has 20 heavy (non-hydrogen) atoms. The minimum Gasteiger partial charge on any atom is -0.377 e. The van der Waals surface area contributed by atoms with Crippen LogP contribution in [0, 0.1) is 11.3 Å². The molecule has 1 aromatic rings. The van der Waals surface area contributed by atoms with Gasteiger partial charge in [0.05, 0.1) is 23.2 Å². The number of carbonyl (C=O) groups is 1. The van der Waals surface area contributed by atoms with E-state index in [2.05, 4.69) is 21.6 Å². The van der Waals surface area contributed by atoms with Crippen LogP contribution >= 0.6 is 11.8 Å². The molecule has 1 aliphatic rings. The first kappa shape index (κ1) is 14.1. The van der Waals surface area contributed by atoms with Gasteiger partial charge >= 0.3 is 0 Å². The monoisotopic (exact) mass is 287 g/mol. The van der Waals surface area contributed by atoms with Gasteiger partial charge in [0.15, 0.2) is 5.17 Å². The highest BCUT2D eigenvalue weighted by atomic mass is 32.2. The summed E-state index contributed by atoms with van der Waals surface area (Å²) in [5.41, 5.74) is 2.22. The first-order chi connectivity index (χ1) is 9.60. The Hall–Kier alpha value is -2.33. The number of amides is 1. The molecule has 0 saturated carbocycles. The van der Waals surface area contributed by atoms with Crippen LogP contribution in [0.1, 0.15) is 11.1 Å². The third-order valence-corrected chi connectivity index (χ3v) is 3.43. The lowest BCUT2D eigenvalue weighted by molar-refractivity contribution is -0.116. The molecule has 102 valence electrons. The molecule has 0 aliphatic carbocycles. The van der Waals surface area contributed by atoms with Crippen LogP contribution in [0.2, 0.25) is 0 Å². The highest BCUT2D eigenvalue weighted by Gasteiger charge is 2.15. The third kappa shape index (κ3) is 3.36. The fourth-order valence-electron chi connectivity index (χ4n) is 1.64. The van der Waals surface area contributed by atoms with Crippen molar-refractivity contribution >= 4 is 34.7 Å². The quantitative estimate of drug-likeness (QED) is 0.668. The Bertz CT molecular complexity index is 630. The molecule has 1 fully saturated rings. The van der Waals surface area contributed by atoms with Crippen molar-refractivity contribution in [3.05, 3.63) is 29.3 Å². The Morgan fingerprint density at radius 3 is 2.90 bits per heavy atom. The predicted octanol–water partition coefficient (Wildman–Crippen LogP) is 1.18. The fraction of sp³-hybridized carbons (Fsp3) is 0.231. The van der Waals surface area contributed by atoms with Crippen LogP contribution in [0.25, 0.3) is 0 Å². The zero-order valence-corrected chi connectivity index (χ0v) is 11.9. The lowest BCUT2D eigenvalue weighted by Gasteiger charge is -2.14. The minimum atomic E-state index is -0.0638. The number of nitriles is 1. The Morgan fingerprint density at radius 1 is 1.50 bits per heavy atom. The molecule has 1 saturated heterocycles. The van der Waals surface area contributed by atoms with Gasteiger partial charge in [-0.2, -0.15) is 10.4 Å². The molecule has 0 radical (unpaired) electrons. The molecular formula is C13H13N5OS. The third-order valence-electron chi connectivity index (χ3n) is 2.56. The van der Waals surface area contributed by atoms with Crippen molar-refractivity contribution in [2.75, 3.05) is 24.7 Å². The standard InChI is InChI=1S/C13H13N5OS/c1-18(2)11-4-3-9(5-10(11)6-14)7-15-17-13-16-12(19)8-20-13/h3-5,7H,8H2,1-2H3,(H,16,17,19). The van der Waals surface area contributed by atoms with E-state index in [4.69, 9.17) is 5.26 Å². The highest BCUT2D eigenvalue weighted by Crippen LogP contribution is 2.18. The fourth-order valence-corrected chi connectivity index (χ4v) is 2.27. The number of nitrogens with one attached hydrogen (secondary N) is 1. The largest absolute Gasteiger partial charge is 0.377 e. The van der Waals surface area contributed by atoms with Crippen LogP contribution in [0.5, 0.6) is 0 Å². The van der Waals surface area contributed by atoms with Gasteiger partial charge < -0.3 is 10.2 Å². The van der Waals surface area contributed by atoms with Crippen LogP contribution in [0.3, 0.4) is 0 Å². The topological polar surface area (TPSA) is 80.8 Å². The number of nitrogens with zero attached hydrogens (tertiary/aromatic N) is 4. The van der Waals surface area contributed by atoms with Gasteiger partial charge in [-0.1, -0.05) is 17.8 Å². The predicted molar refractivity (Wildman–Crippen MR) is 81.1 cm³/mol. The van der Waals surface area contributed by atoms with Crippen molar-refractivity contribution in [1.82, 2.24) is 5.32 Å². The molecule has 1 aliphatic heterocycles. The molecule has 6 nitrogen and oxygen atoms in total. The summed E-state index contributed by atoms with van der Waals surface area (Å²) in [6, 6.07) is 7.63. The number of rotatable bonds is 3. The lowest BCUT2D eigenvalue weighted by Crippen LogP contribution is -2.19. The number of hydrogen-bond acceptors (Lipinski definition) is 6. The Morgan fingerprint density at radius 2 is 2.30 bits per heavy atom. The average Bonchev–Trinajstić information content (AvgIpc) is 2.84. The normalized spacial score (nSPS) is 16.4. The highest BCUT2D eigenvalue weighted by molar-refractivity contribution is 8.15. The van der Waals surface area contributed by atoms with Gasteiger partial charge in [0.1, 0.15) is 6.07 Å². The van der Waals surface area contributed by atoms with Crippen LogP contribution in [-0.2, 0) is 4.79 Å². The number of benzene rings is 1. The molecule has 2 rings (SSSR count). The summed E-state index contributed by atoms with van der Waals surface area (Å²) in [5.74, 6) is 0.316. The zero-order valence-electron chi connectivity index (χ0n) is 11.1. The van der Waals surface area contributed by atoms with Gasteiger partial charge in [0.25, 0.3) is 0 Å². The van der Waals surface area contributed by atoms with Gasteiger partial charge in [-0.3, -0.25) is 4.79 Å². The first-order valence-electron chi connectivity index (χ1n) is 5.85. The molecule has 0 bridgehead atoms. The lowest BCUT2D eigenvalue weighted by atomic mass is 10.1. The van der Waals surface area contributed by atoms with E-state index in [0.29, 0.717) is 16.5 Å². The molecule has 1 amide bonds. The molecule has 0 spiro atoms. The Kier molecular flexibility index (Phi) is 4.38. The van der Waals surface area contributed by atoms with Crippen molar-refractivity contribution in [2.24, 2.45) is 10.2 Å². The number of thioether (sulfide) groups is 1. The smallest absolute Gasteiger partial charge is 0.236 e. The van der Waals surface area contributed by atoms with Crippen LogP contribution in [-0.4, -0.2) is 37.1 Å². The van der Waals surface area contributed by atoms with E-state index in [0.717, 1.165) is 11.3 Å². The maximum atomic E-state index is 11.0. The minimum absolute atomic E-state index is 0.0638. The SMILES string of the molecule is CN(C)c1ccc(C=NN=C2NC(=O)CS2)cc1C#N. The summed E-state index contributed by atoms with van der Waals surface area (Å²) >= 11 is 1.32. The van der Waals surface area contributed by atoms with Crippen LogP contribution in [0.15, 0.2) is 28.4 Å². The van der Waals surface area contributed by atoms with Gasteiger partial charge in [-0.05, 0) is 17.7 Å². The van der Waals surface area contributed by atoms with E-state index in [9.17, 15) is 4.79 Å². The summed E-state index contributed by atoms with van der Waals surface area (Å²) < 4.78 is 0. The van der Waals surface area contributed by atoms with Gasteiger partial charge in [0.2, 0.25) is 5.91 Å². The van der Waals surface area contributed by atoms with E-state index in [1.54, 1.807) is 12.3 Å². The second-order valence-electron chi connectivity index (χ2n) is 4.27. The summed E-state index contributed by atoms with van der Waals surface area (Å²) in [7, 11) is 3.77. The van der Waals surface area contributed by atoms with E-state index < -0.39 is 0 Å². The van der Waals surface area contributed by atoms with Crippen LogP contribution in [0.4, 0.5) is 5.69 Å². The Labute approximate surface area is 121 Å². The summed E-state index contributed by atoms with van der Waals surface area (Å²) in [5, 5.41) is 20.0. The molecule has 0 unspecified atom stereocenters. The van der Waals surface area contributed by atoms with Crippen molar-refractivity contribution in [1.29, 1.82) is 5.26 Å². The second kappa shape index (κ2) is 6.21. The zero-order chi connectivity index (χ0) is 14.5. The van der Waals surface area contributed by atoms with Gasteiger partial charge in [-0.25, -0.2) is 0 Å². The van der Waals surface area contributed by atoms with Gasteiger partial charge in [-0.15, -0.1) is 5.10 Å². The second-order valence-corrected chi connectivity index (χ2v) is 5.23. The number of amidine groups is 1. The molecule has 1 aromatic carbocycles.